The maximum Gasteiger partial charge on any atom is 0.158 e. The van der Waals surface area contributed by atoms with Crippen LogP contribution in [-0.4, -0.2) is 0 Å². The highest BCUT2D eigenvalue weighted by Gasteiger charge is 2.13. The summed E-state index contributed by atoms with van der Waals surface area (Å²) < 4.78 is 25.1. The smallest absolute Gasteiger partial charge is 0.158 e. The lowest BCUT2D eigenvalue weighted by Gasteiger charge is -2.11. The summed E-state index contributed by atoms with van der Waals surface area (Å²) in [7, 11) is 0. The van der Waals surface area contributed by atoms with Crippen molar-refractivity contribution in [2.75, 3.05) is 0 Å². The second kappa shape index (κ2) is 2.61. The summed E-state index contributed by atoms with van der Waals surface area (Å²) in [6.45, 7) is 3.76. The van der Waals surface area contributed by atoms with Crippen molar-refractivity contribution in [3.05, 3.63) is 36.0 Å². The predicted molar refractivity (Wildman–Crippen MR) is 41.3 cm³/mol. The minimum Gasteiger partial charge on any atom is -0.204 e. The van der Waals surface area contributed by atoms with Gasteiger partial charge >= 0.3 is 0 Å². The van der Waals surface area contributed by atoms with E-state index < -0.39 is 11.7 Å². The molecule has 0 aromatic rings. The van der Waals surface area contributed by atoms with Gasteiger partial charge in [-0.05, 0) is 12.2 Å². The number of rotatable bonds is 0. The monoisotopic (exact) mass is 156 g/mol. The van der Waals surface area contributed by atoms with Gasteiger partial charge in [0.15, 0.2) is 11.7 Å². The summed E-state index contributed by atoms with van der Waals surface area (Å²) in [6.07, 6.45) is 5.58. The molecule has 2 heteroatoms. The van der Waals surface area contributed by atoms with Gasteiger partial charge in [-0.2, -0.15) is 0 Å². The van der Waals surface area contributed by atoms with E-state index in [2.05, 4.69) is 0 Å². The minimum absolute atomic E-state index is 0.259. The molecule has 0 aromatic heterocycles. The lowest BCUT2D eigenvalue weighted by molar-refractivity contribution is 0.574. The normalized spacial score (nSPS) is 22.2. The molecule has 0 N–H and O–H groups in total. The highest BCUT2D eigenvalue weighted by molar-refractivity contribution is 5.30. The molecule has 11 heavy (non-hydrogen) atoms. The van der Waals surface area contributed by atoms with E-state index in [-0.39, 0.29) is 5.41 Å². The zero-order valence-electron chi connectivity index (χ0n) is 6.57. The number of allylic oxidation sites excluding steroid dienone is 6. The first-order valence-electron chi connectivity index (χ1n) is 3.45. The van der Waals surface area contributed by atoms with Crippen LogP contribution < -0.4 is 0 Å². The second-order valence-electron chi connectivity index (χ2n) is 3.18. The van der Waals surface area contributed by atoms with Crippen LogP contribution in [0.2, 0.25) is 0 Å². The first-order valence-corrected chi connectivity index (χ1v) is 3.45. The third kappa shape index (κ3) is 2.00. The summed E-state index contributed by atoms with van der Waals surface area (Å²) in [5.74, 6) is -1.60. The lowest BCUT2D eigenvalue weighted by Crippen LogP contribution is -2.00. The first kappa shape index (κ1) is 8.18. The molecular weight excluding hydrogens is 146 g/mol. The molecule has 1 rings (SSSR count). The van der Waals surface area contributed by atoms with E-state index in [1.807, 2.05) is 13.8 Å². The Hall–Kier alpha value is -0.920. The number of halogens is 2. The summed E-state index contributed by atoms with van der Waals surface area (Å²) in [5, 5.41) is 0. The van der Waals surface area contributed by atoms with Crippen molar-refractivity contribution < 1.29 is 8.78 Å². The van der Waals surface area contributed by atoms with Gasteiger partial charge in [0.1, 0.15) is 0 Å². The molecule has 1 aliphatic rings. The van der Waals surface area contributed by atoms with Crippen LogP contribution in [-0.2, 0) is 0 Å². The van der Waals surface area contributed by atoms with E-state index in [0.29, 0.717) is 0 Å². The fourth-order valence-electron chi connectivity index (χ4n) is 0.791. The molecular formula is C9H10F2. The molecule has 0 saturated carbocycles. The van der Waals surface area contributed by atoms with Gasteiger partial charge in [0, 0.05) is 5.41 Å². The summed E-state index contributed by atoms with van der Waals surface area (Å²) in [4.78, 5) is 0. The standard InChI is InChI=1S/C9H10F2/c1-9(2)5-3-7(10)8(11)4-6-9/h3-6H,1-2H3. The highest BCUT2D eigenvalue weighted by atomic mass is 19.2. The SMILES string of the molecule is CC1(C)C=CC(F)=C(F)C=C1. The fourth-order valence-corrected chi connectivity index (χ4v) is 0.791. The van der Waals surface area contributed by atoms with Crippen LogP contribution in [0.1, 0.15) is 13.8 Å². The van der Waals surface area contributed by atoms with Gasteiger partial charge in [-0.25, -0.2) is 8.78 Å². The molecule has 0 amide bonds. The van der Waals surface area contributed by atoms with Crippen LogP contribution in [0, 0.1) is 5.41 Å². The van der Waals surface area contributed by atoms with Gasteiger partial charge in [-0.15, -0.1) is 0 Å². The Morgan fingerprint density at radius 2 is 1.36 bits per heavy atom. The van der Waals surface area contributed by atoms with Crippen LogP contribution in [0.3, 0.4) is 0 Å². The van der Waals surface area contributed by atoms with Crippen molar-refractivity contribution in [3.8, 4) is 0 Å². The van der Waals surface area contributed by atoms with Crippen molar-refractivity contribution in [2.24, 2.45) is 5.41 Å². The van der Waals surface area contributed by atoms with Gasteiger partial charge in [-0.1, -0.05) is 26.0 Å². The van der Waals surface area contributed by atoms with E-state index in [1.54, 1.807) is 12.2 Å². The Labute approximate surface area is 64.9 Å². The van der Waals surface area contributed by atoms with Crippen LogP contribution in [0.4, 0.5) is 8.78 Å². The molecule has 60 valence electrons. The minimum atomic E-state index is -0.799. The summed E-state index contributed by atoms with van der Waals surface area (Å²) in [5.41, 5.74) is -0.259. The second-order valence-corrected chi connectivity index (χ2v) is 3.18. The third-order valence-electron chi connectivity index (χ3n) is 1.55. The Morgan fingerprint density at radius 3 is 1.73 bits per heavy atom. The third-order valence-corrected chi connectivity index (χ3v) is 1.55. The average molecular weight is 156 g/mol. The highest BCUT2D eigenvalue weighted by Crippen LogP contribution is 2.26. The van der Waals surface area contributed by atoms with Crippen LogP contribution in [0.5, 0.6) is 0 Å². The van der Waals surface area contributed by atoms with Gasteiger partial charge in [-0.3, -0.25) is 0 Å². The van der Waals surface area contributed by atoms with E-state index >= 15 is 0 Å². The molecule has 0 unspecified atom stereocenters. The largest absolute Gasteiger partial charge is 0.204 e. The van der Waals surface area contributed by atoms with Crippen LogP contribution >= 0.6 is 0 Å². The molecule has 0 nitrogen and oxygen atoms in total. The average Bonchev–Trinajstić information content (AvgIpc) is 2.03. The van der Waals surface area contributed by atoms with Crippen molar-refractivity contribution in [1.82, 2.24) is 0 Å². The van der Waals surface area contributed by atoms with E-state index in [0.717, 1.165) is 12.2 Å². The van der Waals surface area contributed by atoms with Gasteiger partial charge in [0.2, 0.25) is 0 Å². The maximum atomic E-state index is 12.5. The van der Waals surface area contributed by atoms with E-state index in [9.17, 15) is 8.78 Å². The Kier molecular flexibility index (Phi) is 1.94. The fraction of sp³-hybridized carbons (Fsp3) is 0.333. The quantitative estimate of drug-likeness (QED) is 0.504. The zero-order chi connectivity index (χ0) is 8.48. The van der Waals surface area contributed by atoms with Crippen molar-refractivity contribution in [1.29, 1.82) is 0 Å². The molecule has 0 fully saturated rings. The van der Waals surface area contributed by atoms with E-state index in [4.69, 9.17) is 0 Å². The zero-order valence-corrected chi connectivity index (χ0v) is 6.57. The van der Waals surface area contributed by atoms with Crippen molar-refractivity contribution in [3.63, 3.8) is 0 Å². The topological polar surface area (TPSA) is 0 Å². The Bertz CT molecular complexity index is 220. The first-order chi connectivity index (χ1) is 5.01. The molecule has 0 aromatic carbocycles. The van der Waals surface area contributed by atoms with Crippen molar-refractivity contribution >= 4 is 0 Å². The molecule has 0 atom stereocenters. The van der Waals surface area contributed by atoms with Crippen LogP contribution in [0.25, 0.3) is 0 Å². The number of hydrogen-bond donors (Lipinski definition) is 0. The Balaban J connectivity index is 3.01. The van der Waals surface area contributed by atoms with E-state index in [1.165, 1.54) is 0 Å². The Morgan fingerprint density at radius 1 is 1.00 bits per heavy atom. The van der Waals surface area contributed by atoms with Gasteiger partial charge in [0.05, 0.1) is 0 Å². The summed E-state index contributed by atoms with van der Waals surface area (Å²) >= 11 is 0. The molecule has 0 radical (unpaired) electrons. The molecule has 0 heterocycles. The molecule has 0 spiro atoms. The van der Waals surface area contributed by atoms with Gasteiger partial charge < -0.3 is 0 Å². The summed E-state index contributed by atoms with van der Waals surface area (Å²) in [6, 6.07) is 0. The molecule has 0 bridgehead atoms. The lowest BCUT2D eigenvalue weighted by atomic mass is 9.93. The van der Waals surface area contributed by atoms with Crippen molar-refractivity contribution in [2.45, 2.75) is 13.8 Å². The molecule has 0 saturated heterocycles. The van der Waals surface area contributed by atoms with Crippen LogP contribution in [0.15, 0.2) is 36.0 Å². The van der Waals surface area contributed by atoms with Gasteiger partial charge in [0.25, 0.3) is 0 Å². The molecule has 1 aliphatic carbocycles. The maximum absolute atomic E-state index is 12.5. The molecule has 0 aliphatic heterocycles. The predicted octanol–water partition coefficient (Wildman–Crippen LogP) is 3.29. The number of hydrogen-bond acceptors (Lipinski definition) is 0.